The number of carbonyl (C=O) groups is 3. The molecule has 0 heterocycles. The Bertz CT molecular complexity index is 764. The number of carboxylic acids is 1. The summed E-state index contributed by atoms with van der Waals surface area (Å²) in [5, 5.41) is 11.0. The number of carboxylic acid groups (broad SMARTS) is 1. The molecule has 0 rings (SSSR count). The number of rotatable bonds is 24. The maximum atomic E-state index is 12.4. The van der Waals surface area contributed by atoms with E-state index in [4.69, 9.17) is 9.84 Å². The molecule has 38 heavy (non-hydrogen) atoms. The summed E-state index contributed by atoms with van der Waals surface area (Å²) in [4.78, 5) is 34.4. The third kappa shape index (κ3) is 26.2. The van der Waals surface area contributed by atoms with Gasteiger partial charge in [-0.25, -0.2) is 0 Å². The van der Waals surface area contributed by atoms with Gasteiger partial charge in [-0.1, -0.05) is 94.2 Å². The predicted octanol–water partition coefficient (Wildman–Crippen LogP) is 7.77. The van der Waals surface area contributed by atoms with Gasteiger partial charge >= 0.3 is 11.9 Å². The highest BCUT2D eigenvalue weighted by atomic mass is 16.5. The number of esters is 1. The predicted molar refractivity (Wildman–Crippen MR) is 157 cm³/mol. The molecular formula is C32H51NO5. The van der Waals surface area contributed by atoms with Crippen molar-refractivity contribution in [3.8, 4) is 0 Å². The lowest BCUT2D eigenvalue weighted by atomic mass is 10.1. The summed E-state index contributed by atoms with van der Waals surface area (Å²) in [5.41, 5.74) is 0. The summed E-state index contributed by atoms with van der Waals surface area (Å²) in [6.07, 6.45) is 33.7. The van der Waals surface area contributed by atoms with Crippen molar-refractivity contribution < 1.29 is 24.2 Å². The third-order valence-electron chi connectivity index (χ3n) is 5.67. The van der Waals surface area contributed by atoms with Gasteiger partial charge in [0.25, 0.3) is 0 Å². The van der Waals surface area contributed by atoms with E-state index < -0.39 is 5.97 Å². The molecule has 0 aliphatic carbocycles. The van der Waals surface area contributed by atoms with Gasteiger partial charge in [0.2, 0.25) is 5.91 Å². The first-order chi connectivity index (χ1) is 18.5. The molecule has 0 aliphatic heterocycles. The van der Waals surface area contributed by atoms with Gasteiger partial charge in [0.05, 0.1) is 0 Å². The molecule has 0 saturated heterocycles. The van der Waals surface area contributed by atoms with E-state index in [1.54, 1.807) is 0 Å². The molecule has 2 N–H and O–H groups in total. The highest BCUT2D eigenvalue weighted by Gasteiger charge is 2.11. The van der Waals surface area contributed by atoms with Crippen LogP contribution in [0.15, 0.2) is 60.8 Å². The van der Waals surface area contributed by atoms with Crippen molar-refractivity contribution in [3.63, 3.8) is 0 Å². The molecule has 0 spiro atoms. The molecule has 1 atom stereocenters. The number of unbranched alkanes of at least 4 members (excludes halogenated alkanes) is 5. The van der Waals surface area contributed by atoms with Crippen LogP contribution in [0.3, 0.4) is 0 Å². The van der Waals surface area contributed by atoms with Crippen LogP contribution in [0.5, 0.6) is 0 Å². The van der Waals surface area contributed by atoms with E-state index in [9.17, 15) is 14.4 Å². The Kier molecular flexibility index (Phi) is 25.1. The van der Waals surface area contributed by atoms with Crippen LogP contribution in [0.25, 0.3) is 0 Å². The van der Waals surface area contributed by atoms with Crippen LogP contribution in [0.4, 0.5) is 0 Å². The van der Waals surface area contributed by atoms with Crippen molar-refractivity contribution in [3.05, 3.63) is 60.8 Å². The molecule has 0 aliphatic rings. The number of amides is 1. The van der Waals surface area contributed by atoms with Gasteiger partial charge in [-0.15, -0.1) is 0 Å². The molecule has 1 amide bonds. The lowest BCUT2D eigenvalue weighted by Crippen LogP contribution is -2.28. The summed E-state index contributed by atoms with van der Waals surface area (Å²) >= 11 is 0. The molecule has 0 aromatic rings. The standard InChI is InChI=1S/C32H51NO5/c1-3-5-7-9-10-11-12-13-14-15-16-17-23-27-32(37)38-29(24-20-8-6-4-2)25-21-18-19-22-26-30(34)33-28-31(35)36/h5,7,10-11,13-14,16-17,20,24,29H,3-4,6,8-9,12,15,18-19,21-23,25-28H2,1-2H3,(H,33,34)(H,35,36)/b7-5-,11-10-,14-13-,17-16-,24-20-. The molecular weight excluding hydrogens is 478 g/mol. The van der Waals surface area contributed by atoms with Crippen LogP contribution in [0.2, 0.25) is 0 Å². The Morgan fingerprint density at radius 1 is 0.737 bits per heavy atom. The number of nitrogens with one attached hydrogen (secondary N) is 1. The van der Waals surface area contributed by atoms with Crippen LogP contribution >= 0.6 is 0 Å². The highest BCUT2D eigenvalue weighted by Crippen LogP contribution is 2.13. The van der Waals surface area contributed by atoms with Crippen LogP contribution in [0.1, 0.15) is 110 Å². The molecule has 0 saturated carbocycles. The number of hydrogen-bond donors (Lipinski definition) is 2. The van der Waals surface area contributed by atoms with Crippen LogP contribution in [-0.2, 0) is 19.1 Å². The minimum atomic E-state index is -1.04. The molecule has 214 valence electrons. The first-order valence-electron chi connectivity index (χ1n) is 14.4. The Labute approximate surface area is 231 Å². The fourth-order valence-corrected chi connectivity index (χ4v) is 3.54. The topological polar surface area (TPSA) is 92.7 Å². The first kappa shape index (κ1) is 35.1. The summed E-state index contributed by atoms with van der Waals surface area (Å²) in [5.74, 6) is -1.44. The van der Waals surface area contributed by atoms with Crippen LogP contribution < -0.4 is 5.32 Å². The lowest BCUT2D eigenvalue weighted by Gasteiger charge is -2.14. The maximum Gasteiger partial charge on any atom is 0.322 e. The molecule has 1 unspecified atom stereocenters. The third-order valence-corrected chi connectivity index (χ3v) is 5.67. The van der Waals surface area contributed by atoms with E-state index in [1.807, 2.05) is 12.2 Å². The second kappa shape index (κ2) is 27.2. The van der Waals surface area contributed by atoms with Crippen molar-refractivity contribution >= 4 is 17.8 Å². The summed E-state index contributed by atoms with van der Waals surface area (Å²) < 4.78 is 5.73. The summed E-state index contributed by atoms with van der Waals surface area (Å²) in [6, 6.07) is 0. The highest BCUT2D eigenvalue weighted by molar-refractivity contribution is 5.80. The van der Waals surface area contributed by atoms with Crippen LogP contribution in [0, 0.1) is 0 Å². The number of aliphatic carboxylic acids is 1. The fourth-order valence-electron chi connectivity index (χ4n) is 3.54. The first-order valence-corrected chi connectivity index (χ1v) is 14.4. The van der Waals surface area contributed by atoms with Crippen molar-refractivity contribution in [2.24, 2.45) is 0 Å². The van der Waals surface area contributed by atoms with E-state index in [1.165, 1.54) is 0 Å². The second-order valence-corrected chi connectivity index (χ2v) is 9.26. The van der Waals surface area contributed by atoms with Gasteiger partial charge in [-0.3, -0.25) is 14.4 Å². The van der Waals surface area contributed by atoms with Gasteiger partial charge in [0.1, 0.15) is 12.6 Å². The molecule has 0 bridgehead atoms. The van der Waals surface area contributed by atoms with Gasteiger partial charge in [-0.2, -0.15) is 0 Å². The van der Waals surface area contributed by atoms with Crippen molar-refractivity contribution in [1.82, 2.24) is 5.32 Å². The minimum Gasteiger partial charge on any atom is -0.480 e. The van der Waals surface area contributed by atoms with E-state index in [-0.39, 0.29) is 24.5 Å². The Balaban J connectivity index is 4.19. The molecule has 6 heteroatoms. The van der Waals surface area contributed by atoms with Crippen molar-refractivity contribution in [2.75, 3.05) is 6.54 Å². The van der Waals surface area contributed by atoms with E-state index in [2.05, 4.69) is 67.8 Å². The SMILES string of the molecule is CC/C=C\C/C=C\C/C=C\C/C=C\CCC(=O)OC(/C=C\CCCC)CCCCCCC(=O)NCC(=O)O. The zero-order valence-corrected chi connectivity index (χ0v) is 23.7. The van der Waals surface area contributed by atoms with Gasteiger partial charge in [0, 0.05) is 12.8 Å². The Morgan fingerprint density at radius 3 is 2.00 bits per heavy atom. The zero-order chi connectivity index (χ0) is 28.1. The quantitative estimate of drug-likeness (QED) is 0.0757. The molecule has 0 aromatic heterocycles. The maximum absolute atomic E-state index is 12.4. The molecule has 0 fully saturated rings. The van der Waals surface area contributed by atoms with E-state index in [0.717, 1.165) is 77.0 Å². The average Bonchev–Trinajstić information content (AvgIpc) is 2.89. The average molecular weight is 530 g/mol. The Hall–Kier alpha value is -2.89. The van der Waals surface area contributed by atoms with Gasteiger partial charge < -0.3 is 15.2 Å². The lowest BCUT2D eigenvalue weighted by molar-refractivity contribution is -0.147. The minimum absolute atomic E-state index is 0.173. The van der Waals surface area contributed by atoms with E-state index >= 15 is 0 Å². The number of hydrogen-bond acceptors (Lipinski definition) is 4. The number of allylic oxidation sites excluding steroid dienone is 9. The number of ether oxygens (including phenoxy) is 1. The number of carbonyl (C=O) groups excluding carboxylic acids is 2. The normalized spacial score (nSPS) is 12.9. The van der Waals surface area contributed by atoms with Gasteiger partial charge in [-0.05, 0) is 63.9 Å². The van der Waals surface area contributed by atoms with Gasteiger partial charge in [0.15, 0.2) is 0 Å². The van der Waals surface area contributed by atoms with Crippen molar-refractivity contribution in [2.45, 2.75) is 116 Å². The monoisotopic (exact) mass is 529 g/mol. The summed E-state index contributed by atoms with van der Waals surface area (Å²) in [6.45, 7) is 3.95. The smallest absolute Gasteiger partial charge is 0.322 e. The second-order valence-electron chi connectivity index (χ2n) is 9.26. The molecule has 6 nitrogen and oxygen atoms in total. The van der Waals surface area contributed by atoms with Crippen LogP contribution in [-0.4, -0.2) is 35.6 Å². The zero-order valence-electron chi connectivity index (χ0n) is 23.7. The van der Waals surface area contributed by atoms with Crippen molar-refractivity contribution in [1.29, 1.82) is 0 Å². The molecule has 0 radical (unpaired) electrons. The fraction of sp³-hybridized carbons (Fsp3) is 0.594. The summed E-state index contributed by atoms with van der Waals surface area (Å²) in [7, 11) is 0. The Morgan fingerprint density at radius 2 is 1.37 bits per heavy atom. The van der Waals surface area contributed by atoms with E-state index in [0.29, 0.717) is 19.3 Å². The largest absolute Gasteiger partial charge is 0.480 e. The molecule has 0 aromatic carbocycles.